The van der Waals surface area contributed by atoms with Crippen molar-refractivity contribution in [3.05, 3.63) is 0 Å². The Kier molecular flexibility index (Phi) is 11.9. The van der Waals surface area contributed by atoms with Crippen molar-refractivity contribution in [3.63, 3.8) is 0 Å². The number of carbonyl (C=O) groups is 2. The van der Waals surface area contributed by atoms with Crippen molar-refractivity contribution in [1.82, 2.24) is 10.6 Å². The van der Waals surface area contributed by atoms with Gasteiger partial charge in [0, 0.05) is 0 Å². The maximum Gasteiger partial charge on any atom is 0.322 e. The summed E-state index contributed by atoms with van der Waals surface area (Å²) < 4.78 is 9.83. The Morgan fingerprint density at radius 2 is 1.19 bits per heavy atom. The van der Waals surface area contributed by atoms with Gasteiger partial charge in [-0.15, -0.1) is 0 Å². The molecule has 21 heavy (non-hydrogen) atoms. The lowest BCUT2D eigenvalue weighted by molar-refractivity contribution is -0.146. The van der Waals surface area contributed by atoms with E-state index in [2.05, 4.69) is 10.6 Å². The van der Waals surface area contributed by atoms with Crippen LogP contribution in [0.3, 0.4) is 0 Å². The first-order valence-electron chi connectivity index (χ1n) is 7.82. The zero-order chi connectivity index (χ0) is 16.1. The van der Waals surface area contributed by atoms with Gasteiger partial charge < -0.3 is 20.1 Å². The van der Waals surface area contributed by atoms with Crippen LogP contribution in [0.5, 0.6) is 0 Å². The third-order valence-electron chi connectivity index (χ3n) is 3.03. The first-order valence-corrected chi connectivity index (χ1v) is 7.82. The van der Waals surface area contributed by atoms with Crippen molar-refractivity contribution in [1.29, 1.82) is 0 Å². The molecular formula is C15H30N2O4. The van der Waals surface area contributed by atoms with Crippen molar-refractivity contribution in [2.75, 3.05) is 26.3 Å². The molecule has 0 fully saturated rings. The second-order valence-corrected chi connectivity index (χ2v) is 4.92. The lowest BCUT2D eigenvalue weighted by Gasteiger charge is -2.13. The Balaban J connectivity index is 3.48. The molecule has 0 rings (SSSR count). The zero-order valence-electron chi connectivity index (χ0n) is 13.7. The van der Waals surface area contributed by atoms with E-state index in [4.69, 9.17) is 9.47 Å². The van der Waals surface area contributed by atoms with Crippen molar-refractivity contribution < 1.29 is 19.1 Å². The number of hydrogen-bond acceptors (Lipinski definition) is 6. The molecule has 6 nitrogen and oxygen atoms in total. The van der Waals surface area contributed by atoms with E-state index in [0.717, 1.165) is 32.4 Å². The molecule has 124 valence electrons. The standard InChI is InChI=1S/C15H30N2O4/c1-5-20-14(18)12(3)16-10-8-7-9-11-17-13(4)15(19)21-6-2/h12-13,16-17H,5-11H2,1-4H3. The molecule has 0 aliphatic carbocycles. The van der Waals surface area contributed by atoms with E-state index in [1.165, 1.54) is 0 Å². The Morgan fingerprint density at radius 3 is 1.52 bits per heavy atom. The zero-order valence-corrected chi connectivity index (χ0v) is 13.7. The second-order valence-electron chi connectivity index (χ2n) is 4.92. The molecule has 0 aliphatic rings. The molecule has 0 spiro atoms. The highest BCUT2D eigenvalue weighted by Gasteiger charge is 2.13. The third kappa shape index (κ3) is 10.3. The predicted octanol–water partition coefficient (Wildman–Crippen LogP) is 1.24. The molecule has 0 aromatic rings. The van der Waals surface area contributed by atoms with E-state index in [-0.39, 0.29) is 24.0 Å². The summed E-state index contributed by atoms with van der Waals surface area (Å²) in [7, 11) is 0. The summed E-state index contributed by atoms with van der Waals surface area (Å²) in [5.74, 6) is -0.412. The Bertz CT molecular complexity index is 269. The molecule has 0 amide bonds. The van der Waals surface area contributed by atoms with E-state index in [1.807, 2.05) is 0 Å². The van der Waals surface area contributed by atoms with Crippen molar-refractivity contribution in [3.8, 4) is 0 Å². The van der Waals surface area contributed by atoms with Gasteiger partial charge in [0.05, 0.1) is 13.2 Å². The fourth-order valence-electron chi connectivity index (χ4n) is 1.77. The number of rotatable bonds is 12. The van der Waals surface area contributed by atoms with E-state index in [0.29, 0.717) is 13.2 Å². The smallest absolute Gasteiger partial charge is 0.322 e. The summed E-state index contributed by atoms with van der Waals surface area (Å²) in [6.07, 6.45) is 3.00. The number of unbranched alkanes of at least 4 members (excludes halogenated alkanes) is 2. The summed E-state index contributed by atoms with van der Waals surface area (Å²) >= 11 is 0. The first-order chi connectivity index (χ1) is 10.0. The van der Waals surface area contributed by atoms with Gasteiger partial charge in [0.1, 0.15) is 12.1 Å². The minimum Gasteiger partial charge on any atom is -0.465 e. The van der Waals surface area contributed by atoms with Crippen LogP contribution >= 0.6 is 0 Å². The van der Waals surface area contributed by atoms with Gasteiger partial charge in [0.25, 0.3) is 0 Å². The average Bonchev–Trinajstić information content (AvgIpc) is 2.46. The molecule has 0 saturated heterocycles. The van der Waals surface area contributed by atoms with Crippen molar-refractivity contribution in [2.24, 2.45) is 0 Å². The highest BCUT2D eigenvalue weighted by Crippen LogP contribution is 1.96. The van der Waals surface area contributed by atoms with Gasteiger partial charge in [0.2, 0.25) is 0 Å². The fourth-order valence-corrected chi connectivity index (χ4v) is 1.77. The molecular weight excluding hydrogens is 272 g/mol. The number of nitrogens with one attached hydrogen (secondary N) is 2. The highest BCUT2D eigenvalue weighted by molar-refractivity contribution is 5.75. The summed E-state index contributed by atoms with van der Waals surface area (Å²) in [6, 6.07) is -0.515. The Morgan fingerprint density at radius 1 is 0.810 bits per heavy atom. The monoisotopic (exact) mass is 302 g/mol. The highest BCUT2D eigenvalue weighted by atomic mass is 16.5. The van der Waals surface area contributed by atoms with E-state index >= 15 is 0 Å². The van der Waals surface area contributed by atoms with Gasteiger partial charge in [-0.05, 0) is 53.6 Å². The first kappa shape index (κ1) is 19.9. The summed E-state index contributed by atoms with van der Waals surface area (Å²) in [5.41, 5.74) is 0. The minimum atomic E-state index is -0.257. The number of carbonyl (C=O) groups excluding carboxylic acids is 2. The average molecular weight is 302 g/mol. The predicted molar refractivity (Wildman–Crippen MR) is 82.0 cm³/mol. The maximum atomic E-state index is 11.4. The summed E-state index contributed by atoms with van der Waals surface area (Å²) in [5, 5.41) is 6.27. The number of esters is 2. The van der Waals surface area contributed by atoms with Gasteiger partial charge in [-0.25, -0.2) is 0 Å². The topological polar surface area (TPSA) is 76.7 Å². The van der Waals surface area contributed by atoms with Gasteiger partial charge in [0.15, 0.2) is 0 Å². The quantitative estimate of drug-likeness (QED) is 0.417. The maximum absolute atomic E-state index is 11.4. The van der Waals surface area contributed by atoms with Crippen LogP contribution in [0.2, 0.25) is 0 Å². The molecule has 0 saturated carbocycles. The molecule has 2 N–H and O–H groups in total. The normalized spacial score (nSPS) is 13.5. The van der Waals surface area contributed by atoms with Crippen LogP contribution in [0.25, 0.3) is 0 Å². The van der Waals surface area contributed by atoms with Crippen molar-refractivity contribution in [2.45, 2.75) is 59.0 Å². The van der Waals surface area contributed by atoms with Gasteiger partial charge >= 0.3 is 11.9 Å². The van der Waals surface area contributed by atoms with E-state index in [9.17, 15) is 9.59 Å². The molecule has 0 bridgehead atoms. The molecule has 2 atom stereocenters. The van der Waals surface area contributed by atoms with Crippen LogP contribution in [0.4, 0.5) is 0 Å². The fraction of sp³-hybridized carbons (Fsp3) is 0.867. The van der Waals surface area contributed by atoms with Crippen LogP contribution < -0.4 is 10.6 Å². The molecule has 0 radical (unpaired) electrons. The molecule has 0 heterocycles. The van der Waals surface area contributed by atoms with Gasteiger partial charge in [-0.1, -0.05) is 6.42 Å². The molecule has 2 unspecified atom stereocenters. The SMILES string of the molecule is CCOC(=O)C(C)NCCCCCNC(C)C(=O)OCC. The van der Waals surface area contributed by atoms with Crippen LogP contribution in [-0.4, -0.2) is 50.3 Å². The summed E-state index contributed by atoms with van der Waals surface area (Å²) in [6.45, 7) is 9.61. The van der Waals surface area contributed by atoms with Crippen LogP contribution in [-0.2, 0) is 19.1 Å². The van der Waals surface area contributed by atoms with Gasteiger partial charge in [-0.3, -0.25) is 9.59 Å². The third-order valence-corrected chi connectivity index (χ3v) is 3.03. The van der Waals surface area contributed by atoms with Crippen LogP contribution in [0.15, 0.2) is 0 Å². The Labute approximate surface area is 127 Å². The summed E-state index contributed by atoms with van der Waals surface area (Å²) in [4.78, 5) is 22.7. The number of hydrogen-bond donors (Lipinski definition) is 2. The molecule has 0 aromatic heterocycles. The molecule has 0 aliphatic heterocycles. The Hall–Kier alpha value is -1.14. The van der Waals surface area contributed by atoms with Gasteiger partial charge in [-0.2, -0.15) is 0 Å². The molecule has 6 heteroatoms. The van der Waals surface area contributed by atoms with E-state index < -0.39 is 0 Å². The lowest BCUT2D eigenvalue weighted by atomic mass is 10.2. The lowest BCUT2D eigenvalue weighted by Crippen LogP contribution is -2.36. The largest absolute Gasteiger partial charge is 0.465 e. The van der Waals surface area contributed by atoms with E-state index in [1.54, 1.807) is 27.7 Å². The van der Waals surface area contributed by atoms with Crippen LogP contribution in [0, 0.1) is 0 Å². The van der Waals surface area contributed by atoms with Crippen molar-refractivity contribution >= 4 is 11.9 Å². The number of ether oxygens (including phenoxy) is 2. The molecule has 0 aromatic carbocycles. The van der Waals surface area contributed by atoms with Crippen LogP contribution in [0.1, 0.15) is 47.0 Å². The minimum absolute atomic E-state index is 0.206. The second kappa shape index (κ2) is 12.6.